The van der Waals surface area contributed by atoms with Gasteiger partial charge in [-0.1, -0.05) is 11.6 Å². The fourth-order valence-electron chi connectivity index (χ4n) is 1.90. The summed E-state index contributed by atoms with van der Waals surface area (Å²) in [6.07, 6.45) is -3.49. The van der Waals surface area contributed by atoms with Gasteiger partial charge in [-0.25, -0.2) is 0 Å². The van der Waals surface area contributed by atoms with Crippen molar-refractivity contribution >= 4 is 23.2 Å². The zero-order valence-electron chi connectivity index (χ0n) is 12.6. The van der Waals surface area contributed by atoms with Crippen LogP contribution in [-0.4, -0.2) is 29.9 Å². The molecule has 0 unspecified atom stereocenters. The van der Waals surface area contributed by atoms with Gasteiger partial charge in [0.25, 0.3) is 0 Å². The summed E-state index contributed by atoms with van der Waals surface area (Å²) >= 11 is 5.98. The van der Waals surface area contributed by atoms with Gasteiger partial charge in [0.05, 0.1) is 24.9 Å². The highest BCUT2D eigenvalue weighted by Gasteiger charge is 2.33. The molecule has 0 aliphatic heterocycles. The zero-order chi connectivity index (χ0) is 17.9. The number of alkyl halides is 3. The summed E-state index contributed by atoms with van der Waals surface area (Å²) in [5.74, 6) is 0.0563. The Balaban J connectivity index is 2.12. The van der Waals surface area contributed by atoms with Gasteiger partial charge in [-0.15, -0.1) is 0 Å². The van der Waals surface area contributed by atoms with E-state index in [1.54, 1.807) is 0 Å². The van der Waals surface area contributed by atoms with E-state index in [9.17, 15) is 18.0 Å². The number of nitrogens with one attached hydrogen (secondary N) is 1. The van der Waals surface area contributed by atoms with Crippen molar-refractivity contribution in [3.63, 3.8) is 0 Å². The molecule has 2 rings (SSSR count). The second-order valence-corrected chi connectivity index (χ2v) is 5.04. The number of carbonyl (C=O) groups is 1. The van der Waals surface area contributed by atoms with Gasteiger partial charge in [-0.05, 0) is 12.1 Å². The van der Waals surface area contributed by atoms with Crippen molar-refractivity contribution in [1.29, 1.82) is 0 Å². The number of aromatic nitrogens is 2. The standard InChI is InChI=1S/C14H13ClF3N3O3/c1-23-10-6-11(24-2)9(5-8(10)15)19-13(22)7-21-4-3-12(20-21)14(16,17)18/h3-6H,7H2,1-2H3,(H,19,22). The summed E-state index contributed by atoms with van der Waals surface area (Å²) in [5.41, 5.74) is -0.808. The minimum atomic E-state index is -4.56. The van der Waals surface area contributed by atoms with Crippen molar-refractivity contribution in [2.75, 3.05) is 19.5 Å². The Bertz CT molecular complexity index is 747. The maximum Gasteiger partial charge on any atom is 0.435 e. The average Bonchev–Trinajstić information content (AvgIpc) is 2.96. The number of hydrogen-bond donors (Lipinski definition) is 1. The average molecular weight is 364 g/mol. The number of amides is 1. The molecule has 1 aromatic heterocycles. The largest absolute Gasteiger partial charge is 0.495 e. The Hall–Kier alpha value is -2.42. The van der Waals surface area contributed by atoms with Crippen LogP contribution in [0.4, 0.5) is 18.9 Å². The van der Waals surface area contributed by atoms with E-state index >= 15 is 0 Å². The summed E-state index contributed by atoms with van der Waals surface area (Å²) < 4.78 is 48.5. The van der Waals surface area contributed by atoms with Crippen LogP contribution >= 0.6 is 11.6 Å². The third kappa shape index (κ3) is 4.10. The molecule has 0 aliphatic rings. The van der Waals surface area contributed by atoms with E-state index in [0.29, 0.717) is 11.5 Å². The number of halogens is 4. The third-order valence-corrected chi connectivity index (χ3v) is 3.28. The number of ether oxygens (including phenoxy) is 2. The molecule has 1 heterocycles. The number of benzene rings is 1. The molecule has 0 radical (unpaired) electrons. The molecular formula is C14H13ClF3N3O3. The van der Waals surface area contributed by atoms with Crippen molar-refractivity contribution in [3.8, 4) is 11.5 Å². The van der Waals surface area contributed by atoms with Crippen LogP contribution in [0.3, 0.4) is 0 Å². The summed E-state index contributed by atoms with van der Waals surface area (Å²) in [4.78, 5) is 12.0. The minimum absolute atomic E-state index is 0.243. The molecular weight excluding hydrogens is 351 g/mol. The molecule has 24 heavy (non-hydrogen) atoms. The van der Waals surface area contributed by atoms with Gasteiger partial charge in [0.1, 0.15) is 18.0 Å². The number of nitrogens with zero attached hydrogens (tertiary/aromatic N) is 2. The Kier molecular flexibility index (Phi) is 5.23. The zero-order valence-corrected chi connectivity index (χ0v) is 13.4. The van der Waals surface area contributed by atoms with Crippen LogP contribution in [0.2, 0.25) is 5.02 Å². The van der Waals surface area contributed by atoms with Gasteiger partial charge < -0.3 is 14.8 Å². The molecule has 0 saturated carbocycles. The minimum Gasteiger partial charge on any atom is -0.495 e. The lowest BCUT2D eigenvalue weighted by Gasteiger charge is -2.13. The lowest BCUT2D eigenvalue weighted by molar-refractivity contribution is -0.141. The van der Waals surface area contributed by atoms with Gasteiger partial charge in [-0.3, -0.25) is 9.48 Å². The molecule has 0 spiro atoms. The quantitative estimate of drug-likeness (QED) is 0.886. The van der Waals surface area contributed by atoms with E-state index in [1.165, 1.54) is 26.4 Å². The van der Waals surface area contributed by atoms with E-state index in [0.717, 1.165) is 16.9 Å². The number of methoxy groups -OCH3 is 2. The first kappa shape index (κ1) is 17.9. The highest BCUT2D eigenvalue weighted by atomic mass is 35.5. The first-order valence-electron chi connectivity index (χ1n) is 6.56. The van der Waals surface area contributed by atoms with Gasteiger partial charge in [0.2, 0.25) is 5.91 Å². The highest BCUT2D eigenvalue weighted by molar-refractivity contribution is 6.32. The maximum absolute atomic E-state index is 12.5. The lowest BCUT2D eigenvalue weighted by Crippen LogP contribution is -2.20. The third-order valence-electron chi connectivity index (χ3n) is 2.98. The Labute approximate surface area is 140 Å². The van der Waals surface area contributed by atoms with Crippen LogP contribution in [0.15, 0.2) is 24.4 Å². The number of carbonyl (C=O) groups excluding carboxylic acids is 1. The predicted octanol–water partition coefficient (Wildman–Crippen LogP) is 3.21. The molecule has 6 nitrogen and oxygen atoms in total. The molecule has 2 aromatic rings. The molecule has 0 fully saturated rings. The molecule has 10 heteroatoms. The molecule has 0 aliphatic carbocycles. The van der Waals surface area contributed by atoms with Crippen molar-refractivity contribution in [1.82, 2.24) is 9.78 Å². The normalized spacial score (nSPS) is 11.2. The molecule has 1 amide bonds. The van der Waals surface area contributed by atoms with Crippen LogP contribution in [0.5, 0.6) is 11.5 Å². The van der Waals surface area contributed by atoms with Crippen LogP contribution < -0.4 is 14.8 Å². The molecule has 0 atom stereocenters. The lowest BCUT2D eigenvalue weighted by atomic mass is 10.2. The van der Waals surface area contributed by atoms with E-state index in [2.05, 4.69) is 10.4 Å². The smallest absolute Gasteiger partial charge is 0.435 e. The predicted molar refractivity (Wildman–Crippen MR) is 80.4 cm³/mol. The second-order valence-electron chi connectivity index (χ2n) is 4.63. The monoisotopic (exact) mass is 363 g/mol. The van der Waals surface area contributed by atoms with Crippen LogP contribution in [0.25, 0.3) is 0 Å². The SMILES string of the molecule is COc1cc(OC)c(NC(=O)Cn2ccc(C(F)(F)F)n2)cc1Cl. The fraction of sp³-hybridized carbons (Fsp3) is 0.286. The van der Waals surface area contributed by atoms with Crippen LogP contribution in [-0.2, 0) is 17.5 Å². The van der Waals surface area contributed by atoms with Crippen LogP contribution in [0.1, 0.15) is 5.69 Å². The van der Waals surface area contributed by atoms with E-state index in [1.807, 2.05) is 0 Å². The first-order valence-corrected chi connectivity index (χ1v) is 6.94. The summed E-state index contributed by atoms with van der Waals surface area (Å²) in [5, 5.41) is 6.05. The van der Waals surface area contributed by atoms with Crippen molar-refractivity contribution in [2.24, 2.45) is 0 Å². The summed E-state index contributed by atoms with van der Waals surface area (Å²) in [6.45, 7) is -0.400. The second kappa shape index (κ2) is 7.00. The number of hydrogen-bond acceptors (Lipinski definition) is 4. The van der Waals surface area contributed by atoms with Gasteiger partial charge in [-0.2, -0.15) is 18.3 Å². The molecule has 1 N–H and O–H groups in total. The summed E-state index contributed by atoms with van der Waals surface area (Å²) in [7, 11) is 2.82. The van der Waals surface area contributed by atoms with Gasteiger partial charge in [0.15, 0.2) is 5.69 Å². The van der Waals surface area contributed by atoms with Crippen molar-refractivity contribution < 1.29 is 27.4 Å². The molecule has 1 aromatic carbocycles. The summed E-state index contributed by atoms with van der Waals surface area (Å²) in [6, 6.07) is 3.69. The number of rotatable bonds is 5. The molecule has 0 saturated heterocycles. The van der Waals surface area contributed by atoms with Crippen molar-refractivity contribution in [2.45, 2.75) is 12.7 Å². The van der Waals surface area contributed by atoms with Gasteiger partial charge >= 0.3 is 6.18 Å². The molecule has 130 valence electrons. The van der Waals surface area contributed by atoms with Crippen molar-refractivity contribution in [3.05, 3.63) is 35.1 Å². The maximum atomic E-state index is 12.5. The molecule has 0 bridgehead atoms. The Morgan fingerprint density at radius 2 is 1.96 bits per heavy atom. The first-order chi connectivity index (χ1) is 11.2. The highest BCUT2D eigenvalue weighted by Crippen LogP contribution is 2.35. The van der Waals surface area contributed by atoms with Gasteiger partial charge in [0, 0.05) is 12.3 Å². The van der Waals surface area contributed by atoms with Crippen LogP contribution in [0, 0.1) is 0 Å². The number of anilines is 1. The van der Waals surface area contributed by atoms with E-state index in [4.69, 9.17) is 21.1 Å². The topological polar surface area (TPSA) is 65.4 Å². The Morgan fingerprint density at radius 3 is 2.50 bits per heavy atom. The Morgan fingerprint density at radius 1 is 1.29 bits per heavy atom. The van der Waals surface area contributed by atoms with E-state index < -0.39 is 24.3 Å². The van der Waals surface area contributed by atoms with E-state index in [-0.39, 0.29) is 10.7 Å². The fourth-order valence-corrected chi connectivity index (χ4v) is 2.14.